The maximum atomic E-state index is 13.7. The van der Waals surface area contributed by atoms with Gasteiger partial charge in [-0.1, -0.05) is 30.3 Å². The molecule has 0 aliphatic rings. The molecule has 31 heavy (non-hydrogen) atoms. The van der Waals surface area contributed by atoms with Gasteiger partial charge in [0.15, 0.2) is 21.3 Å². The zero-order valence-electron chi connectivity index (χ0n) is 17.1. The van der Waals surface area contributed by atoms with Gasteiger partial charge in [-0.05, 0) is 23.8 Å². The van der Waals surface area contributed by atoms with Gasteiger partial charge in [0.2, 0.25) is 0 Å². The molecule has 0 aliphatic heterocycles. The number of methoxy groups -OCH3 is 3. The largest absolute Gasteiger partial charge is 0.496 e. The molecule has 0 amide bonds. The van der Waals surface area contributed by atoms with Crippen LogP contribution in [0, 0.1) is 10.1 Å². The van der Waals surface area contributed by atoms with Gasteiger partial charge in [0.1, 0.15) is 11.0 Å². The molecule has 0 N–H and O–H groups in total. The standard InChI is InChI=1S/C22H21NO7S/c1-28-19-14-21(30-3)20(29-2)13-18(19)22(15-9-11-16(12-10-15)23(24)25)31(26,27)17-7-5-4-6-8-17/h4-14,22H,1-3H3. The SMILES string of the molecule is COc1cc(OC)c(C(c2ccc([N+](=O)[O-])cc2)S(=O)(=O)c2ccccc2)cc1OC. The lowest BCUT2D eigenvalue weighted by Crippen LogP contribution is -2.16. The van der Waals surface area contributed by atoms with E-state index in [0.29, 0.717) is 22.6 Å². The number of non-ortho nitro benzene ring substituents is 1. The summed E-state index contributed by atoms with van der Waals surface area (Å²) in [6, 6.07) is 16.5. The third-order valence-electron chi connectivity index (χ3n) is 4.81. The highest BCUT2D eigenvalue weighted by atomic mass is 32.2. The molecule has 3 aromatic carbocycles. The maximum absolute atomic E-state index is 13.7. The molecule has 1 atom stereocenters. The molecule has 0 spiro atoms. The minimum Gasteiger partial charge on any atom is -0.496 e. The molecule has 3 rings (SSSR count). The van der Waals surface area contributed by atoms with Crippen LogP contribution in [0.5, 0.6) is 17.2 Å². The van der Waals surface area contributed by atoms with Gasteiger partial charge < -0.3 is 14.2 Å². The number of benzene rings is 3. The number of ether oxygens (including phenoxy) is 3. The first-order valence-corrected chi connectivity index (χ1v) is 10.7. The Morgan fingerprint density at radius 1 is 0.806 bits per heavy atom. The molecule has 0 aliphatic carbocycles. The highest BCUT2D eigenvalue weighted by Crippen LogP contribution is 2.44. The van der Waals surface area contributed by atoms with E-state index in [1.807, 2.05) is 0 Å². The predicted octanol–water partition coefficient (Wildman–Crippen LogP) is 4.18. The lowest BCUT2D eigenvalue weighted by molar-refractivity contribution is -0.384. The van der Waals surface area contributed by atoms with Crippen molar-refractivity contribution in [2.75, 3.05) is 21.3 Å². The fourth-order valence-electron chi connectivity index (χ4n) is 3.30. The fraction of sp³-hybridized carbons (Fsp3) is 0.182. The third kappa shape index (κ3) is 4.31. The smallest absolute Gasteiger partial charge is 0.269 e. The molecule has 0 heterocycles. The van der Waals surface area contributed by atoms with Gasteiger partial charge in [-0.25, -0.2) is 8.42 Å². The number of nitro benzene ring substituents is 1. The van der Waals surface area contributed by atoms with Crippen LogP contribution in [0.4, 0.5) is 5.69 Å². The zero-order chi connectivity index (χ0) is 22.6. The summed E-state index contributed by atoms with van der Waals surface area (Å²) in [7, 11) is 0.369. The lowest BCUT2D eigenvalue weighted by Gasteiger charge is -2.22. The average molecular weight is 443 g/mol. The quantitative estimate of drug-likeness (QED) is 0.380. The first-order valence-electron chi connectivity index (χ1n) is 9.16. The van der Waals surface area contributed by atoms with E-state index in [-0.39, 0.29) is 16.3 Å². The molecule has 0 aromatic heterocycles. The number of hydrogen-bond donors (Lipinski definition) is 0. The first kappa shape index (κ1) is 22.1. The van der Waals surface area contributed by atoms with Crippen molar-refractivity contribution in [2.24, 2.45) is 0 Å². The van der Waals surface area contributed by atoms with Crippen LogP contribution in [0.15, 0.2) is 71.6 Å². The second kappa shape index (κ2) is 9.05. The normalized spacial score (nSPS) is 12.1. The van der Waals surface area contributed by atoms with Gasteiger partial charge in [0.05, 0.1) is 31.1 Å². The number of sulfone groups is 1. The summed E-state index contributed by atoms with van der Waals surface area (Å²) in [6.07, 6.45) is 0. The fourth-order valence-corrected chi connectivity index (χ4v) is 5.14. The van der Waals surface area contributed by atoms with Gasteiger partial charge in [-0.3, -0.25) is 10.1 Å². The van der Waals surface area contributed by atoms with Crippen molar-refractivity contribution in [2.45, 2.75) is 10.1 Å². The lowest BCUT2D eigenvalue weighted by atomic mass is 10.0. The molecule has 3 aromatic rings. The summed E-state index contributed by atoms with van der Waals surface area (Å²) in [4.78, 5) is 10.6. The summed E-state index contributed by atoms with van der Waals surface area (Å²) in [5, 5.41) is 9.86. The second-order valence-corrected chi connectivity index (χ2v) is 8.57. The number of hydrogen-bond acceptors (Lipinski definition) is 7. The zero-order valence-corrected chi connectivity index (χ0v) is 18.0. The van der Waals surface area contributed by atoms with Crippen molar-refractivity contribution in [1.29, 1.82) is 0 Å². The molecule has 0 saturated heterocycles. The molecule has 162 valence electrons. The van der Waals surface area contributed by atoms with Crippen molar-refractivity contribution >= 4 is 15.5 Å². The van der Waals surface area contributed by atoms with Crippen LogP contribution in [0.3, 0.4) is 0 Å². The number of nitro groups is 1. The Labute approximate surface area is 180 Å². The van der Waals surface area contributed by atoms with Crippen molar-refractivity contribution in [3.05, 3.63) is 88.0 Å². The molecular weight excluding hydrogens is 422 g/mol. The molecule has 0 radical (unpaired) electrons. The molecule has 8 nitrogen and oxygen atoms in total. The third-order valence-corrected chi connectivity index (χ3v) is 6.88. The van der Waals surface area contributed by atoms with E-state index < -0.39 is 20.0 Å². The van der Waals surface area contributed by atoms with Crippen LogP contribution < -0.4 is 14.2 Å². The van der Waals surface area contributed by atoms with E-state index in [9.17, 15) is 18.5 Å². The van der Waals surface area contributed by atoms with E-state index in [1.165, 1.54) is 57.7 Å². The van der Waals surface area contributed by atoms with Crippen LogP contribution in [-0.2, 0) is 9.84 Å². The monoisotopic (exact) mass is 443 g/mol. The van der Waals surface area contributed by atoms with Crippen molar-refractivity contribution < 1.29 is 27.6 Å². The van der Waals surface area contributed by atoms with E-state index in [2.05, 4.69) is 0 Å². The van der Waals surface area contributed by atoms with E-state index in [1.54, 1.807) is 30.3 Å². The van der Waals surface area contributed by atoms with Gasteiger partial charge in [-0.15, -0.1) is 0 Å². The topological polar surface area (TPSA) is 105 Å². The van der Waals surface area contributed by atoms with Crippen LogP contribution in [0.2, 0.25) is 0 Å². The molecule has 1 unspecified atom stereocenters. The first-order chi connectivity index (χ1) is 14.8. The molecule has 0 saturated carbocycles. The van der Waals surface area contributed by atoms with Crippen molar-refractivity contribution in [3.8, 4) is 17.2 Å². The molecule has 9 heteroatoms. The molecule has 0 bridgehead atoms. The number of nitrogens with zero attached hydrogens (tertiary/aromatic N) is 1. The van der Waals surface area contributed by atoms with Crippen molar-refractivity contribution in [1.82, 2.24) is 0 Å². The van der Waals surface area contributed by atoms with Gasteiger partial charge >= 0.3 is 0 Å². The minimum absolute atomic E-state index is 0.107. The van der Waals surface area contributed by atoms with E-state index in [4.69, 9.17) is 14.2 Å². The summed E-state index contributed by atoms with van der Waals surface area (Å²) in [6.45, 7) is 0. The summed E-state index contributed by atoms with van der Waals surface area (Å²) in [5.74, 6) is 0.983. The number of rotatable bonds is 8. The maximum Gasteiger partial charge on any atom is 0.269 e. The predicted molar refractivity (Wildman–Crippen MR) is 115 cm³/mol. The Morgan fingerprint density at radius 3 is 1.87 bits per heavy atom. The van der Waals surface area contributed by atoms with Crippen LogP contribution in [-0.4, -0.2) is 34.7 Å². The molecular formula is C22H21NO7S. The molecule has 0 fully saturated rings. The highest BCUT2D eigenvalue weighted by Gasteiger charge is 2.34. The summed E-state index contributed by atoms with van der Waals surface area (Å²) in [5.41, 5.74) is 0.525. The minimum atomic E-state index is -3.96. The van der Waals surface area contributed by atoms with E-state index in [0.717, 1.165) is 0 Å². The van der Waals surface area contributed by atoms with Crippen LogP contribution >= 0.6 is 0 Å². The summed E-state index contributed by atoms with van der Waals surface area (Å²) < 4.78 is 43.6. The Hall–Kier alpha value is -3.59. The highest BCUT2D eigenvalue weighted by molar-refractivity contribution is 7.92. The Balaban J connectivity index is 2.30. The Kier molecular flexibility index (Phi) is 6.45. The van der Waals surface area contributed by atoms with Gasteiger partial charge in [0, 0.05) is 23.8 Å². The summed E-state index contributed by atoms with van der Waals surface area (Å²) >= 11 is 0. The van der Waals surface area contributed by atoms with Crippen LogP contribution in [0.25, 0.3) is 0 Å². The second-order valence-electron chi connectivity index (χ2n) is 6.54. The van der Waals surface area contributed by atoms with E-state index >= 15 is 0 Å². The van der Waals surface area contributed by atoms with Crippen molar-refractivity contribution in [3.63, 3.8) is 0 Å². The average Bonchev–Trinajstić information content (AvgIpc) is 2.79. The Bertz CT molecular complexity index is 1180. The Morgan fingerprint density at radius 2 is 1.35 bits per heavy atom. The van der Waals surface area contributed by atoms with Gasteiger partial charge in [0.25, 0.3) is 5.69 Å². The van der Waals surface area contributed by atoms with Crippen LogP contribution in [0.1, 0.15) is 16.4 Å². The van der Waals surface area contributed by atoms with Gasteiger partial charge in [-0.2, -0.15) is 0 Å².